The number of sulfonamides is 1. The molecule has 0 unspecified atom stereocenters. The standard InChI is InChI=1S/C22H28FN3O5S/c1-5-24-22(28)16(2)25(14-17-9-6-7-12-20(17)23)21(27)15-26(32(4,29)30)18-10-8-11-19(13-18)31-3/h6-13,16H,5,14-15H2,1-4H3,(H,24,28)/t16-/m0/s1. The van der Waals surface area contributed by atoms with Crippen molar-refractivity contribution in [2.75, 3.05) is 30.8 Å². The monoisotopic (exact) mass is 465 g/mol. The van der Waals surface area contributed by atoms with E-state index in [0.717, 1.165) is 10.6 Å². The van der Waals surface area contributed by atoms with E-state index in [1.165, 1.54) is 49.3 Å². The molecule has 174 valence electrons. The number of nitrogens with zero attached hydrogens (tertiary/aromatic N) is 2. The van der Waals surface area contributed by atoms with Gasteiger partial charge in [-0.15, -0.1) is 0 Å². The average Bonchev–Trinajstić information content (AvgIpc) is 2.75. The summed E-state index contributed by atoms with van der Waals surface area (Å²) in [5, 5.41) is 2.64. The number of hydrogen-bond donors (Lipinski definition) is 1. The number of benzene rings is 2. The second-order valence-electron chi connectivity index (χ2n) is 7.15. The van der Waals surface area contributed by atoms with E-state index in [1.54, 1.807) is 25.1 Å². The molecule has 8 nitrogen and oxygen atoms in total. The molecule has 0 aliphatic heterocycles. The number of nitrogens with one attached hydrogen (secondary N) is 1. The number of rotatable bonds is 10. The average molecular weight is 466 g/mol. The molecular formula is C22H28FN3O5S. The highest BCUT2D eigenvalue weighted by molar-refractivity contribution is 7.92. The van der Waals surface area contributed by atoms with Gasteiger partial charge >= 0.3 is 0 Å². The Balaban J connectivity index is 2.41. The van der Waals surface area contributed by atoms with E-state index in [2.05, 4.69) is 5.32 Å². The lowest BCUT2D eigenvalue weighted by Crippen LogP contribution is -2.51. The third-order valence-corrected chi connectivity index (χ3v) is 5.98. The van der Waals surface area contributed by atoms with Gasteiger partial charge in [0.1, 0.15) is 24.2 Å². The molecule has 0 fully saturated rings. The number of ether oxygens (including phenoxy) is 1. The summed E-state index contributed by atoms with van der Waals surface area (Å²) in [5.41, 5.74) is 0.445. The quantitative estimate of drug-likeness (QED) is 0.580. The maximum atomic E-state index is 14.3. The van der Waals surface area contributed by atoms with Gasteiger partial charge in [0.15, 0.2) is 0 Å². The van der Waals surface area contributed by atoms with Gasteiger partial charge in [0.2, 0.25) is 21.8 Å². The fourth-order valence-corrected chi connectivity index (χ4v) is 3.94. The molecule has 0 saturated carbocycles. The molecule has 32 heavy (non-hydrogen) atoms. The molecule has 0 aliphatic rings. The van der Waals surface area contributed by atoms with E-state index in [4.69, 9.17) is 4.74 Å². The van der Waals surface area contributed by atoms with Gasteiger partial charge in [-0.25, -0.2) is 12.8 Å². The Kier molecular flexibility index (Phi) is 8.59. The van der Waals surface area contributed by atoms with Crippen molar-refractivity contribution in [2.24, 2.45) is 0 Å². The predicted octanol–water partition coefficient (Wildman–Crippen LogP) is 2.15. The second-order valence-corrected chi connectivity index (χ2v) is 9.06. The summed E-state index contributed by atoms with van der Waals surface area (Å²) >= 11 is 0. The summed E-state index contributed by atoms with van der Waals surface area (Å²) in [6, 6.07) is 11.2. The van der Waals surface area contributed by atoms with Gasteiger partial charge in [0.25, 0.3) is 0 Å². The van der Waals surface area contributed by atoms with Crippen molar-refractivity contribution in [3.05, 3.63) is 59.9 Å². The summed E-state index contributed by atoms with van der Waals surface area (Å²) in [6.07, 6.45) is 0.980. The lowest BCUT2D eigenvalue weighted by Gasteiger charge is -2.31. The zero-order chi connectivity index (χ0) is 23.9. The van der Waals surface area contributed by atoms with Crippen molar-refractivity contribution in [1.82, 2.24) is 10.2 Å². The summed E-state index contributed by atoms with van der Waals surface area (Å²) in [7, 11) is -2.41. The molecule has 2 rings (SSSR count). The Hall–Kier alpha value is -3.14. The van der Waals surface area contributed by atoms with Crippen LogP contribution in [0.5, 0.6) is 5.75 Å². The van der Waals surface area contributed by atoms with Crippen LogP contribution in [0.4, 0.5) is 10.1 Å². The van der Waals surface area contributed by atoms with Crippen molar-refractivity contribution in [2.45, 2.75) is 26.4 Å². The van der Waals surface area contributed by atoms with Crippen molar-refractivity contribution >= 4 is 27.5 Å². The number of amides is 2. The van der Waals surface area contributed by atoms with Crippen LogP contribution in [0.3, 0.4) is 0 Å². The van der Waals surface area contributed by atoms with Crippen LogP contribution in [0, 0.1) is 5.82 Å². The van der Waals surface area contributed by atoms with E-state index < -0.39 is 40.2 Å². The van der Waals surface area contributed by atoms with Gasteiger partial charge in [0.05, 0.1) is 19.1 Å². The van der Waals surface area contributed by atoms with Gasteiger partial charge < -0.3 is 15.0 Å². The van der Waals surface area contributed by atoms with E-state index in [0.29, 0.717) is 12.3 Å². The number of carbonyl (C=O) groups excluding carboxylic acids is 2. The van der Waals surface area contributed by atoms with Crippen LogP contribution in [-0.2, 0) is 26.2 Å². The van der Waals surface area contributed by atoms with Crippen LogP contribution >= 0.6 is 0 Å². The van der Waals surface area contributed by atoms with Crippen LogP contribution in [-0.4, -0.2) is 57.6 Å². The van der Waals surface area contributed by atoms with Gasteiger partial charge in [-0.2, -0.15) is 0 Å². The Morgan fingerprint density at radius 3 is 2.44 bits per heavy atom. The third-order valence-electron chi connectivity index (χ3n) is 4.84. The molecule has 10 heteroatoms. The Bertz CT molecular complexity index is 1060. The number of likely N-dealkylation sites (N-methyl/N-ethyl adjacent to an activating group) is 1. The van der Waals surface area contributed by atoms with Crippen molar-refractivity contribution in [3.63, 3.8) is 0 Å². The predicted molar refractivity (Wildman–Crippen MR) is 120 cm³/mol. The fraction of sp³-hybridized carbons (Fsp3) is 0.364. The Morgan fingerprint density at radius 2 is 1.84 bits per heavy atom. The molecule has 0 radical (unpaired) electrons. The molecule has 2 aromatic rings. The first-order valence-electron chi connectivity index (χ1n) is 10.0. The summed E-state index contributed by atoms with van der Waals surface area (Å²) < 4.78 is 45.3. The normalized spacial score (nSPS) is 12.0. The molecule has 0 aromatic heterocycles. The highest BCUT2D eigenvalue weighted by Crippen LogP contribution is 2.24. The topological polar surface area (TPSA) is 96.0 Å². The number of carbonyl (C=O) groups is 2. The molecule has 0 bridgehead atoms. The maximum Gasteiger partial charge on any atom is 0.244 e. The highest BCUT2D eigenvalue weighted by Gasteiger charge is 2.30. The van der Waals surface area contributed by atoms with Crippen LogP contribution in [0.25, 0.3) is 0 Å². The van der Waals surface area contributed by atoms with Crippen molar-refractivity contribution in [1.29, 1.82) is 0 Å². The summed E-state index contributed by atoms with van der Waals surface area (Å²) in [6.45, 7) is 2.84. The van der Waals surface area contributed by atoms with E-state index in [1.807, 2.05) is 0 Å². The largest absolute Gasteiger partial charge is 0.497 e. The first kappa shape index (κ1) is 25.1. The van der Waals surface area contributed by atoms with Gasteiger partial charge in [-0.1, -0.05) is 24.3 Å². The summed E-state index contributed by atoms with van der Waals surface area (Å²) in [5.74, 6) is -1.19. The highest BCUT2D eigenvalue weighted by atomic mass is 32.2. The van der Waals surface area contributed by atoms with Crippen molar-refractivity contribution in [3.8, 4) is 5.75 Å². The van der Waals surface area contributed by atoms with E-state index >= 15 is 0 Å². The van der Waals surface area contributed by atoms with Crippen LogP contribution < -0.4 is 14.4 Å². The molecule has 0 spiro atoms. The Morgan fingerprint density at radius 1 is 1.16 bits per heavy atom. The van der Waals surface area contributed by atoms with Crippen LogP contribution in [0.1, 0.15) is 19.4 Å². The van der Waals surface area contributed by atoms with E-state index in [-0.39, 0.29) is 17.8 Å². The maximum absolute atomic E-state index is 14.3. The molecule has 0 aliphatic carbocycles. The Labute approximate surface area is 188 Å². The lowest BCUT2D eigenvalue weighted by atomic mass is 10.1. The molecule has 1 atom stereocenters. The zero-order valence-electron chi connectivity index (χ0n) is 18.5. The minimum Gasteiger partial charge on any atom is -0.497 e. The van der Waals surface area contributed by atoms with Crippen LogP contribution in [0.15, 0.2) is 48.5 Å². The SMILES string of the molecule is CCNC(=O)[C@H](C)N(Cc1ccccc1F)C(=O)CN(c1cccc(OC)c1)S(C)(=O)=O. The smallest absolute Gasteiger partial charge is 0.244 e. The van der Waals surface area contributed by atoms with Crippen molar-refractivity contribution < 1.29 is 27.1 Å². The number of halogens is 1. The number of methoxy groups -OCH3 is 1. The molecular weight excluding hydrogens is 437 g/mol. The summed E-state index contributed by atoms with van der Waals surface area (Å²) in [4.78, 5) is 26.9. The number of hydrogen-bond acceptors (Lipinski definition) is 5. The minimum atomic E-state index is -3.85. The molecule has 2 amide bonds. The lowest BCUT2D eigenvalue weighted by molar-refractivity contribution is -0.139. The zero-order valence-corrected chi connectivity index (χ0v) is 19.4. The fourth-order valence-electron chi connectivity index (χ4n) is 3.09. The number of anilines is 1. The molecule has 1 N–H and O–H groups in total. The third kappa shape index (κ3) is 6.43. The molecule has 0 heterocycles. The van der Waals surface area contributed by atoms with Gasteiger partial charge in [-0.3, -0.25) is 13.9 Å². The first-order chi connectivity index (χ1) is 15.1. The first-order valence-corrected chi connectivity index (χ1v) is 11.9. The van der Waals surface area contributed by atoms with Gasteiger partial charge in [-0.05, 0) is 32.0 Å². The molecule has 2 aromatic carbocycles. The van der Waals surface area contributed by atoms with E-state index in [9.17, 15) is 22.4 Å². The van der Waals surface area contributed by atoms with Crippen LogP contribution in [0.2, 0.25) is 0 Å². The van der Waals surface area contributed by atoms with Gasteiger partial charge in [0, 0.05) is 24.7 Å². The minimum absolute atomic E-state index is 0.195. The molecule has 0 saturated heterocycles. The second kappa shape index (κ2) is 10.9.